The molecule has 10 nitrogen and oxygen atoms in total. The quantitative estimate of drug-likeness (QED) is 0.429. The summed E-state index contributed by atoms with van der Waals surface area (Å²) in [6, 6.07) is 4.03. The molecule has 1 aromatic carbocycles. The number of hydrogen-bond donors (Lipinski definition) is 2. The second kappa shape index (κ2) is 12.0. The van der Waals surface area contributed by atoms with Crippen LogP contribution >= 0.6 is 11.3 Å². The van der Waals surface area contributed by atoms with Crippen molar-refractivity contribution in [3.05, 3.63) is 63.0 Å². The van der Waals surface area contributed by atoms with Crippen molar-refractivity contribution in [3.8, 4) is 0 Å². The summed E-state index contributed by atoms with van der Waals surface area (Å²) in [6.45, 7) is 10.3. The molecule has 4 heterocycles. The standard InChI is InChI=1S/C29H36FN5O5S/c1-5-39-27(36)23-20(13-35-10-11-40-22-15-34(14-21(22)35)16-29(3,4)28(37)38)32-25(26-31-9-12-41-26)33-24(23)18-7-6-8-19(30)17(18)2/h6-9,12,21-22,24H,5,10-11,13-16H2,1-4H3,(H,32,33)(H,37,38)/t21-,22+,24?/m1/s1. The molecule has 0 spiro atoms. The molecular formula is C29H36FN5O5S. The average molecular weight is 586 g/mol. The SMILES string of the molecule is CCOC(=O)C1=C(CN2CCO[C@H]3CN(CC(C)(C)C(=O)O)C[C@H]32)NC(c2nccs2)=NC1c1cccc(F)c1C. The Labute approximate surface area is 242 Å². The summed E-state index contributed by atoms with van der Waals surface area (Å²) in [5.41, 5.74) is 1.08. The molecule has 1 unspecified atom stereocenters. The minimum absolute atomic E-state index is 0.00243. The lowest BCUT2D eigenvalue weighted by atomic mass is 9.92. The fraction of sp³-hybridized carbons (Fsp3) is 0.517. The number of carboxylic acids is 1. The molecule has 41 heavy (non-hydrogen) atoms. The van der Waals surface area contributed by atoms with Crippen molar-refractivity contribution in [2.75, 3.05) is 45.9 Å². The highest BCUT2D eigenvalue weighted by molar-refractivity contribution is 7.11. The van der Waals surface area contributed by atoms with Crippen LogP contribution in [0, 0.1) is 18.2 Å². The first-order chi connectivity index (χ1) is 19.6. The van der Waals surface area contributed by atoms with Crippen LogP contribution in [0.15, 0.2) is 46.0 Å². The maximum Gasteiger partial charge on any atom is 0.338 e. The van der Waals surface area contributed by atoms with E-state index in [1.54, 1.807) is 46.0 Å². The Bertz CT molecular complexity index is 1360. The second-order valence-electron chi connectivity index (χ2n) is 11.2. The Morgan fingerprint density at radius 2 is 2.12 bits per heavy atom. The van der Waals surface area contributed by atoms with Crippen molar-refractivity contribution >= 4 is 29.1 Å². The summed E-state index contributed by atoms with van der Waals surface area (Å²) < 4.78 is 26.3. The lowest BCUT2D eigenvalue weighted by Crippen LogP contribution is -2.53. The summed E-state index contributed by atoms with van der Waals surface area (Å²) in [4.78, 5) is 39.0. The van der Waals surface area contributed by atoms with E-state index in [0.29, 0.717) is 72.6 Å². The number of benzene rings is 1. The van der Waals surface area contributed by atoms with Crippen LogP contribution in [0.5, 0.6) is 0 Å². The van der Waals surface area contributed by atoms with E-state index in [1.807, 2.05) is 5.38 Å². The largest absolute Gasteiger partial charge is 0.481 e. The van der Waals surface area contributed by atoms with Gasteiger partial charge in [0.1, 0.15) is 11.9 Å². The Hall–Kier alpha value is -3.19. The van der Waals surface area contributed by atoms with Gasteiger partial charge < -0.3 is 19.9 Å². The highest BCUT2D eigenvalue weighted by Crippen LogP contribution is 2.36. The number of carboxylic acid groups (broad SMARTS) is 1. The average Bonchev–Trinajstić information content (AvgIpc) is 3.60. The van der Waals surface area contributed by atoms with E-state index in [0.717, 1.165) is 0 Å². The van der Waals surface area contributed by atoms with Crippen molar-refractivity contribution in [3.63, 3.8) is 0 Å². The van der Waals surface area contributed by atoms with Crippen LogP contribution in [0.3, 0.4) is 0 Å². The summed E-state index contributed by atoms with van der Waals surface area (Å²) >= 11 is 1.42. The number of ether oxygens (including phenoxy) is 2. The predicted octanol–water partition coefficient (Wildman–Crippen LogP) is 2.99. The molecule has 12 heteroatoms. The lowest BCUT2D eigenvalue weighted by Gasteiger charge is -2.39. The van der Waals surface area contributed by atoms with Gasteiger partial charge in [0.25, 0.3) is 0 Å². The van der Waals surface area contributed by atoms with Gasteiger partial charge in [0.2, 0.25) is 0 Å². The number of amidine groups is 1. The van der Waals surface area contributed by atoms with Crippen LogP contribution in [0.4, 0.5) is 4.39 Å². The molecule has 2 aromatic rings. The zero-order valence-corrected chi connectivity index (χ0v) is 24.5. The highest BCUT2D eigenvalue weighted by Gasteiger charge is 2.44. The number of aromatic nitrogens is 1. The number of carbonyl (C=O) groups is 2. The maximum atomic E-state index is 14.7. The Kier molecular flexibility index (Phi) is 8.55. The number of nitrogens with zero attached hydrogens (tertiary/aromatic N) is 4. The van der Waals surface area contributed by atoms with Crippen LogP contribution in [-0.2, 0) is 19.1 Å². The van der Waals surface area contributed by atoms with Gasteiger partial charge in [0, 0.05) is 50.0 Å². The van der Waals surface area contributed by atoms with Crippen molar-refractivity contribution in [2.24, 2.45) is 10.4 Å². The van der Waals surface area contributed by atoms with E-state index < -0.39 is 23.4 Å². The molecule has 1 aromatic heterocycles. The van der Waals surface area contributed by atoms with E-state index in [2.05, 4.69) is 20.1 Å². The minimum atomic E-state index is -0.891. The van der Waals surface area contributed by atoms with Gasteiger partial charge in [0.05, 0.1) is 36.3 Å². The number of rotatable bonds is 9. The van der Waals surface area contributed by atoms with Crippen LogP contribution < -0.4 is 5.32 Å². The third kappa shape index (κ3) is 6.06. The number of halogens is 1. The van der Waals surface area contributed by atoms with E-state index in [-0.39, 0.29) is 24.6 Å². The number of nitrogens with one attached hydrogen (secondary N) is 1. The number of carbonyl (C=O) groups excluding carboxylic acids is 1. The molecular weight excluding hydrogens is 549 g/mol. The number of likely N-dealkylation sites (tertiary alicyclic amines) is 1. The fourth-order valence-corrected chi connectivity index (χ4v) is 6.34. The van der Waals surface area contributed by atoms with Crippen LogP contribution in [0.2, 0.25) is 0 Å². The Balaban J connectivity index is 1.51. The predicted molar refractivity (Wildman–Crippen MR) is 152 cm³/mol. The first-order valence-electron chi connectivity index (χ1n) is 13.8. The Morgan fingerprint density at radius 1 is 1.32 bits per heavy atom. The molecule has 0 aliphatic carbocycles. The summed E-state index contributed by atoms with van der Waals surface area (Å²) in [6.07, 6.45) is 1.60. The number of fused-ring (bicyclic) bond motifs is 1. The molecule has 5 rings (SSSR count). The molecule has 0 saturated carbocycles. The molecule has 2 N–H and O–H groups in total. The first-order valence-corrected chi connectivity index (χ1v) is 14.7. The fourth-order valence-electron chi connectivity index (χ4n) is 5.75. The normalized spacial score (nSPS) is 23.6. The summed E-state index contributed by atoms with van der Waals surface area (Å²) in [5, 5.41) is 15.5. The van der Waals surface area contributed by atoms with Gasteiger partial charge in [-0.2, -0.15) is 0 Å². The third-order valence-corrected chi connectivity index (χ3v) is 8.69. The van der Waals surface area contributed by atoms with Gasteiger partial charge in [-0.3, -0.25) is 19.6 Å². The maximum absolute atomic E-state index is 14.7. The van der Waals surface area contributed by atoms with Gasteiger partial charge in [-0.15, -0.1) is 11.3 Å². The van der Waals surface area contributed by atoms with Crippen molar-refractivity contribution in [1.82, 2.24) is 20.1 Å². The molecule has 2 fully saturated rings. The van der Waals surface area contributed by atoms with E-state index >= 15 is 0 Å². The number of esters is 1. The van der Waals surface area contributed by atoms with Crippen LogP contribution in [-0.4, -0.2) is 95.7 Å². The number of aliphatic imine (C=N–C) groups is 1. The van der Waals surface area contributed by atoms with Crippen molar-refractivity contribution in [2.45, 2.75) is 45.9 Å². The number of hydrogen-bond acceptors (Lipinski definition) is 10. The molecule has 2 saturated heterocycles. The monoisotopic (exact) mass is 585 g/mol. The molecule has 3 aliphatic rings. The molecule has 0 radical (unpaired) electrons. The minimum Gasteiger partial charge on any atom is -0.481 e. The van der Waals surface area contributed by atoms with Gasteiger partial charge in [-0.25, -0.2) is 14.2 Å². The smallest absolute Gasteiger partial charge is 0.338 e. The van der Waals surface area contributed by atoms with E-state index in [4.69, 9.17) is 14.5 Å². The molecule has 0 amide bonds. The second-order valence-corrected chi connectivity index (χ2v) is 12.1. The van der Waals surface area contributed by atoms with Crippen molar-refractivity contribution in [1.29, 1.82) is 0 Å². The zero-order valence-electron chi connectivity index (χ0n) is 23.7. The topological polar surface area (TPSA) is 117 Å². The first kappa shape index (κ1) is 29.3. The lowest BCUT2D eigenvalue weighted by molar-refractivity contribution is -0.148. The molecule has 3 aliphatic heterocycles. The number of thiazole rings is 1. The van der Waals surface area contributed by atoms with Gasteiger partial charge in [-0.05, 0) is 44.9 Å². The van der Waals surface area contributed by atoms with E-state index in [9.17, 15) is 19.1 Å². The van der Waals surface area contributed by atoms with Gasteiger partial charge in [-0.1, -0.05) is 12.1 Å². The Morgan fingerprint density at radius 3 is 2.83 bits per heavy atom. The molecule has 220 valence electrons. The number of morpholine rings is 1. The number of aliphatic carboxylic acids is 1. The third-order valence-electron chi connectivity index (χ3n) is 7.91. The summed E-state index contributed by atoms with van der Waals surface area (Å²) in [7, 11) is 0. The van der Waals surface area contributed by atoms with Crippen LogP contribution in [0.25, 0.3) is 0 Å². The summed E-state index contributed by atoms with van der Waals surface area (Å²) in [5.74, 6) is -1.21. The van der Waals surface area contributed by atoms with E-state index in [1.165, 1.54) is 17.4 Å². The van der Waals surface area contributed by atoms with Crippen LogP contribution in [0.1, 0.15) is 42.9 Å². The zero-order chi connectivity index (χ0) is 29.3. The highest BCUT2D eigenvalue weighted by atomic mass is 32.1. The molecule has 3 atom stereocenters. The van der Waals surface area contributed by atoms with Crippen molar-refractivity contribution < 1.29 is 28.6 Å². The van der Waals surface area contributed by atoms with Gasteiger partial charge in [0.15, 0.2) is 10.8 Å². The molecule has 0 bridgehead atoms. The van der Waals surface area contributed by atoms with Gasteiger partial charge >= 0.3 is 11.9 Å².